The van der Waals surface area contributed by atoms with Crippen LogP contribution in [-0.2, 0) is 0 Å². The number of rotatable bonds is 5. The Morgan fingerprint density at radius 3 is 2.82 bits per heavy atom. The lowest BCUT2D eigenvalue weighted by Crippen LogP contribution is -2.11. The number of benzene rings is 1. The van der Waals surface area contributed by atoms with E-state index >= 15 is 0 Å². The summed E-state index contributed by atoms with van der Waals surface area (Å²) in [6, 6.07) is 6.07. The van der Waals surface area contributed by atoms with Gasteiger partial charge in [0.15, 0.2) is 0 Å². The smallest absolute Gasteiger partial charge is 0.290 e. The molecule has 0 heterocycles. The molecule has 0 saturated carbocycles. The highest BCUT2D eigenvalue weighted by Crippen LogP contribution is 2.25. The molecule has 0 aliphatic rings. The van der Waals surface area contributed by atoms with Gasteiger partial charge in [-0.2, -0.15) is 5.26 Å². The van der Waals surface area contributed by atoms with E-state index in [0.717, 1.165) is 12.8 Å². The van der Waals surface area contributed by atoms with Crippen molar-refractivity contribution in [3.05, 3.63) is 33.9 Å². The summed E-state index contributed by atoms with van der Waals surface area (Å²) in [7, 11) is 0. The number of nitro benzene ring substituents is 1. The lowest BCUT2D eigenvalue weighted by atomic mass is 10.2. The zero-order valence-corrected chi connectivity index (χ0v) is 9.84. The van der Waals surface area contributed by atoms with Gasteiger partial charge in [-0.25, -0.2) is 0 Å². The summed E-state index contributed by atoms with van der Waals surface area (Å²) in [5.41, 5.74) is -0.167. The van der Waals surface area contributed by atoms with Crippen molar-refractivity contribution in [1.29, 1.82) is 5.26 Å². The monoisotopic (exact) mass is 234 g/mol. The van der Waals surface area contributed by atoms with E-state index in [1.54, 1.807) is 12.1 Å². The molecule has 1 rings (SSSR count). The zero-order chi connectivity index (χ0) is 12.8. The average molecular weight is 234 g/mol. The summed E-state index contributed by atoms with van der Waals surface area (Å²) in [5.74, 6) is 0.427. The Labute approximate surface area is 99.8 Å². The summed E-state index contributed by atoms with van der Waals surface area (Å²) in [6.45, 7) is 3.95. The van der Waals surface area contributed by atoms with E-state index < -0.39 is 4.92 Å². The van der Waals surface area contributed by atoms with Crippen molar-refractivity contribution in [3.8, 4) is 11.8 Å². The summed E-state index contributed by atoms with van der Waals surface area (Å²) >= 11 is 0. The van der Waals surface area contributed by atoms with Crippen LogP contribution in [0.2, 0.25) is 0 Å². The first-order valence-electron chi connectivity index (χ1n) is 5.43. The molecule has 0 aromatic heterocycles. The van der Waals surface area contributed by atoms with Crippen LogP contribution in [0.15, 0.2) is 18.2 Å². The molecule has 0 fully saturated rings. The third-order valence-electron chi connectivity index (χ3n) is 2.32. The maximum Gasteiger partial charge on any atom is 0.290 e. The van der Waals surface area contributed by atoms with Crippen LogP contribution >= 0.6 is 0 Å². The molecule has 1 atom stereocenters. The molecule has 0 saturated heterocycles. The van der Waals surface area contributed by atoms with Gasteiger partial charge in [-0.3, -0.25) is 10.1 Å². The minimum atomic E-state index is -0.574. The maximum atomic E-state index is 10.7. The third-order valence-corrected chi connectivity index (χ3v) is 2.32. The normalized spacial score (nSPS) is 11.6. The van der Waals surface area contributed by atoms with Crippen LogP contribution < -0.4 is 4.74 Å². The van der Waals surface area contributed by atoms with Crippen LogP contribution in [0.4, 0.5) is 5.69 Å². The second-order valence-electron chi connectivity index (χ2n) is 3.77. The first-order chi connectivity index (χ1) is 8.08. The second-order valence-corrected chi connectivity index (χ2v) is 3.77. The summed E-state index contributed by atoms with van der Waals surface area (Å²) in [6.07, 6.45) is 1.88. The molecule has 5 heteroatoms. The molecule has 0 bridgehead atoms. The van der Waals surface area contributed by atoms with Crippen molar-refractivity contribution in [2.24, 2.45) is 0 Å². The number of nitrogens with zero attached hydrogens (tertiary/aromatic N) is 2. The molecule has 0 radical (unpaired) electrons. The van der Waals surface area contributed by atoms with E-state index in [-0.39, 0.29) is 17.4 Å². The number of ether oxygens (including phenoxy) is 1. The van der Waals surface area contributed by atoms with E-state index in [2.05, 4.69) is 0 Å². The molecule has 0 amide bonds. The maximum absolute atomic E-state index is 10.7. The molecule has 5 nitrogen and oxygen atoms in total. The van der Waals surface area contributed by atoms with Crippen molar-refractivity contribution >= 4 is 5.69 Å². The van der Waals surface area contributed by atoms with Gasteiger partial charge in [0.05, 0.1) is 17.1 Å². The number of nitriles is 1. The quantitative estimate of drug-likeness (QED) is 0.579. The van der Waals surface area contributed by atoms with Crippen LogP contribution in [-0.4, -0.2) is 11.0 Å². The molecule has 1 aromatic carbocycles. The Morgan fingerprint density at radius 2 is 2.29 bits per heavy atom. The van der Waals surface area contributed by atoms with Gasteiger partial charge in [-0.1, -0.05) is 13.3 Å². The minimum absolute atomic E-state index is 0.00698. The minimum Gasteiger partial charge on any atom is -0.490 e. The molecule has 0 aliphatic heterocycles. The van der Waals surface area contributed by atoms with Crippen LogP contribution in [0.25, 0.3) is 0 Å². The Balaban J connectivity index is 2.93. The topological polar surface area (TPSA) is 76.2 Å². The van der Waals surface area contributed by atoms with Gasteiger partial charge >= 0.3 is 0 Å². The lowest BCUT2D eigenvalue weighted by Gasteiger charge is -2.13. The fourth-order valence-corrected chi connectivity index (χ4v) is 1.53. The van der Waals surface area contributed by atoms with E-state index in [9.17, 15) is 10.1 Å². The fourth-order valence-electron chi connectivity index (χ4n) is 1.53. The first-order valence-corrected chi connectivity index (χ1v) is 5.43. The molecule has 90 valence electrons. The molecular weight excluding hydrogens is 220 g/mol. The molecule has 1 aromatic rings. The highest BCUT2D eigenvalue weighted by molar-refractivity contribution is 5.52. The Kier molecular flexibility index (Phi) is 4.46. The van der Waals surface area contributed by atoms with E-state index in [4.69, 9.17) is 10.00 Å². The second kappa shape index (κ2) is 5.85. The molecule has 0 spiro atoms. The number of hydrogen-bond donors (Lipinski definition) is 0. The van der Waals surface area contributed by atoms with Crippen molar-refractivity contribution in [2.75, 3.05) is 0 Å². The van der Waals surface area contributed by atoms with E-state index in [0.29, 0.717) is 5.75 Å². The van der Waals surface area contributed by atoms with Gasteiger partial charge in [0.1, 0.15) is 17.4 Å². The number of hydrogen-bond acceptors (Lipinski definition) is 4. The number of nitro groups is 1. The SMILES string of the molecule is CCCC(C)Oc1ccc(C#N)c([N+](=O)[O-])c1. The molecular formula is C12H14N2O3. The van der Waals surface area contributed by atoms with Crippen LogP contribution in [0.3, 0.4) is 0 Å². The predicted molar refractivity (Wildman–Crippen MR) is 62.8 cm³/mol. The van der Waals surface area contributed by atoms with Gasteiger partial charge in [-0.05, 0) is 25.5 Å². The standard InChI is InChI=1S/C12H14N2O3/c1-3-4-9(2)17-11-6-5-10(8-13)12(7-11)14(15)16/h5-7,9H,3-4H2,1-2H3. The summed E-state index contributed by atoms with van der Waals surface area (Å²) < 4.78 is 5.53. The Morgan fingerprint density at radius 1 is 1.59 bits per heavy atom. The van der Waals surface area contributed by atoms with Crippen molar-refractivity contribution in [2.45, 2.75) is 32.8 Å². The molecule has 17 heavy (non-hydrogen) atoms. The Hall–Kier alpha value is -2.09. The van der Waals surface area contributed by atoms with Gasteiger partial charge in [0.2, 0.25) is 0 Å². The van der Waals surface area contributed by atoms with Crippen LogP contribution in [0, 0.1) is 21.4 Å². The largest absolute Gasteiger partial charge is 0.490 e. The van der Waals surface area contributed by atoms with Gasteiger partial charge in [0.25, 0.3) is 5.69 Å². The third kappa shape index (κ3) is 3.45. The van der Waals surface area contributed by atoms with Gasteiger partial charge in [0, 0.05) is 0 Å². The van der Waals surface area contributed by atoms with Gasteiger partial charge in [-0.15, -0.1) is 0 Å². The van der Waals surface area contributed by atoms with Crippen LogP contribution in [0.5, 0.6) is 5.75 Å². The van der Waals surface area contributed by atoms with Crippen LogP contribution in [0.1, 0.15) is 32.3 Å². The highest BCUT2D eigenvalue weighted by atomic mass is 16.6. The molecule has 1 unspecified atom stereocenters. The molecule has 0 N–H and O–H groups in total. The van der Waals surface area contributed by atoms with E-state index in [1.807, 2.05) is 13.8 Å². The van der Waals surface area contributed by atoms with Crippen molar-refractivity contribution < 1.29 is 9.66 Å². The first kappa shape index (κ1) is 13.0. The van der Waals surface area contributed by atoms with Crippen molar-refractivity contribution in [3.63, 3.8) is 0 Å². The average Bonchev–Trinajstić information content (AvgIpc) is 2.29. The predicted octanol–water partition coefficient (Wildman–Crippen LogP) is 3.03. The summed E-state index contributed by atoms with van der Waals surface area (Å²) in [4.78, 5) is 10.2. The van der Waals surface area contributed by atoms with Gasteiger partial charge < -0.3 is 4.74 Å². The lowest BCUT2D eigenvalue weighted by molar-refractivity contribution is -0.385. The summed E-state index contributed by atoms with van der Waals surface area (Å²) in [5, 5.41) is 19.5. The zero-order valence-electron chi connectivity index (χ0n) is 9.84. The Bertz CT molecular complexity index is 452. The molecule has 0 aliphatic carbocycles. The van der Waals surface area contributed by atoms with E-state index in [1.165, 1.54) is 12.1 Å². The highest BCUT2D eigenvalue weighted by Gasteiger charge is 2.15. The van der Waals surface area contributed by atoms with Crippen molar-refractivity contribution in [1.82, 2.24) is 0 Å². The fraction of sp³-hybridized carbons (Fsp3) is 0.417.